The minimum absolute atomic E-state index is 0.140. The second kappa shape index (κ2) is 4.01. The Morgan fingerprint density at radius 2 is 2.29 bits per heavy atom. The van der Waals surface area contributed by atoms with Crippen molar-refractivity contribution < 1.29 is 4.79 Å². The van der Waals surface area contributed by atoms with Gasteiger partial charge in [0.1, 0.15) is 0 Å². The fraction of sp³-hybridized carbons (Fsp3) is 0.364. The van der Waals surface area contributed by atoms with Crippen LogP contribution in [-0.4, -0.2) is 12.5 Å². The summed E-state index contributed by atoms with van der Waals surface area (Å²) in [5.74, 6) is 0.476. The highest BCUT2D eigenvalue weighted by Crippen LogP contribution is 2.27. The van der Waals surface area contributed by atoms with Gasteiger partial charge < -0.3 is 5.32 Å². The average Bonchev–Trinajstić information content (AvgIpc) is 2.18. The molecule has 0 radical (unpaired) electrons. The third-order valence-electron chi connectivity index (χ3n) is 2.57. The zero-order chi connectivity index (χ0) is 9.97. The number of carbonyl (C=O) groups is 1. The molecule has 0 bridgehead atoms. The highest BCUT2D eigenvalue weighted by Gasteiger charge is 2.20. The Morgan fingerprint density at radius 1 is 1.43 bits per heavy atom. The Morgan fingerprint density at radius 3 is 3.00 bits per heavy atom. The summed E-state index contributed by atoms with van der Waals surface area (Å²) in [5, 5.41) is 3.57. The zero-order valence-electron chi connectivity index (χ0n) is 7.79. The van der Waals surface area contributed by atoms with Crippen LogP contribution < -0.4 is 5.32 Å². The van der Waals surface area contributed by atoms with Gasteiger partial charge in [-0.25, -0.2) is 0 Å². The molecule has 2 rings (SSSR count). The van der Waals surface area contributed by atoms with Crippen LogP contribution in [0, 0.1) is 0 Å². The summed E-state index contributed by atoms with van der Waals surface area (Å²) in [6, 6.07) is 7.78. The molecular weight excluding hydrogens is 198 g/mol. The summed E-state index contributed by atoms with van der Waals surface area (Å²) in [4.78, 5) is 11.2. The van der Waals surface area contributed by atoms with E-state index in [4.69, 9.17) is 11.6 Å². The van der Waals surface area contributed by atoms with Gasteiger partial charge in [-0.05, 0) is 30.0 Å². The lowest BCUT2D eigenvalue weighted by Crippen LogP contribution is -2.32. The number of hydrogen-bond donors (Lipinski definition) is 1. The van der Waals surface area contributed by atoms with Gasteiger partial charge in [0.15, 0.2) is 0 Å². The second-order valence-electron chi connectivity index (χ2n) is 3.59. The Hall–Kier alpha value is -1.02. The lowest BCUT2D eigenvalue weighted by atomic mass is 9.90. The molecule has 1 aliphatic rings. The summed E-state index contributed by atoms with van der Waals surface area (Å²) >= 11 is 5.90. The maximum Gasteiger partial charge on any atom is 0.220 e. The maximum atomic E-state index is 11.2. The van der Waals surface area contributed by atoms with Crippen LogP contribution in [0.2, 0.25) is 5.02 Å². The van der Waals surface area contributed by atoms with Gasteiger partial charge in [0, 0.05) is 18.0 Å². The van der Waals surface area contributed by atoms with E-state index in [1.165, 1.54) is 5.56 Å². The molecule has 3 heteroatoms. The van der Waals surface area contributed by atoms with Crippen molar-refractivity contribution in [2.75, 3.05) is 6.54 Å². The quantitative estimate of drug-likeness (QED) is 0.756. The maximum absolute atomic E-state index is 11.2. The van der Waals surface area contributed by atoms with Crippen molar-refractivity contribution in [3.63, 3.8) is 0 Å². The van der Waals surface area contributed by atoms with E-state index < -0.39 is 0 Å². The molecule has 1 aliphatic heterocycles. The van der Waals surface area contributed by atoms with Crippen LogP contribution in [-0.2, 0) is 4.79 Å². The summed E-state index contributed by atoms with van der Waals surface area (Å²) < 4.78 is 0. The first-order valence-electron chi connectivity index (χ1n) is 4.78. The Bertz CT molecular complexity index is 351. The molecule has 0 saturated carbocycles. The van der Waals surface area contributed by atoms with Crippen molar-refractivity contribution in [2.24, 2.45) is 0 Å². The molecule has 0 spiro atoms. The van der Waals surface area contributed by atoms with Gasteiger partial charge in [-0.2, -0.15) is 0 Å². The standard InChI is InChI=1S/C11H12ClNO/c12-10-3-1-2-8(6-10)9-4-5-13-11(14)7-9/h1-3,6,9H,4-5,7H2,(H,13,14). The van der Waals surface area contributed by atoms with Gasteiger partial charge in [-0.15, -0.1) is 0 Å². The van der Waals surface area contributed by atoms with Crippen LogP contribution in [0.25, 0.3) is 0 Å². The molecule has 74 valence electrons. The smallest absolute Gasteiger partial charge is 0.220 e. The van der Waals surface area contributed by atoms with E-state index in [-0.39, 0.29) is 5.91 Å². The zero-order valence-corrected chi connectivity index (χ0v) is 8.55. The van der Waals surface area contributed by atoms with Crippen LogP contribution in [0.3, 0.4) is 0 Å². The second-order valence-corrected chi connectivity index (χ2v) is 4.03. The lowest BCUT2D eigenvalue weighted by Gasteiger charge is -2.22. The number of halogens is 1. The van der Waals surface area contributed by atoms with Crippen molar-refractivity contribution in [3.05, 3.63) is 34.9 Å². The lowest BCUT2D eigenvalue weighted by molar-refractivity contribution is -0.122. The van der Waals surface area contributed by atoms with E-state index in [9.17, 15) is 4.79 Å². The average molecular weight is 210 g/mol. The predicted molar refractivity (Wildman–Crippen MR) is 56.4 cm³/mol. The van der Waals surface area contributed by atoms with E-state index in [1.54, 1.807) is 0 Å². The summed E-state index contributed by atoms with van der Waals surface area (Å²) in [6.07, 6.45) is 1.59. The van der Waals surface area contributed by atoms with Gasteiger partial charge in [-0.3, -0.25) is 4.79 Å². The van der Waals surface area contributed by atoms with Gasteiger partial charge in [0.25, 0.3) is 0 Å². The minimum atomic E-state index is 0.140. The predicted octanol–water partition coefficient (Wildman–Crippen LogP) is 2.33. The number of hydrogen-bond acceptors (Lipinski definition) is 1. The van der Waals surface area contributed by atoms with Crippen molar-refractivity contribution in [2.45, 2.75) is 18.8 Å². The molecule has 14 heavy (non-hydrogen) atoms. The molecular formula is C11H12ClNO. The Balaban J connectivity index is 2.17. The summed E-state index contributed by atoms with van der Waals surface area (Å²) in [7, 11) is 0. The summed E-state index contributed by atoms with van der Waals surface area (Å²) in [5.41, 5.74) is 1.17. The fourth-order valence-electron chi connectivity index (χ4n) is 1.83. The third-order valence-corrected chi connectivity index (χ3v) is 2.80. The molecule has 2 nitrogen and oxygen atoms in total. The Labute approximate surface area is 88.3 Å². The van der Waals surface area contributed by atoms with Crippen LogP contribution >= 0.6 is 11.6 Å². The minimum Gasteiger partial charge on any atom is -0.356 e. The van der Waals surface area contributed by atoms with Crippen molar-refractivity contribution in [1.82, 2.24) is 5.32 Å². The van der Waals surface area contributed by atoms with Gasteiger partial charge in [-0.1, -0.05) is 23.7 Å². The number of nitrogens with one attached hydrogen (secondary N) is 1. The van der Waals surface area contributed by atoms with Crippen LogP contribution in [0.15, 0.2) is 24.3 Å². The van der Waals surface area contributed by atoms with Crippen LogP contribution in [0.5, 0.6) is 0 Å². The molecule has 1 heterocycles. The van der Waals surface area contributed by atoms with Crippen molar-refractivity contribution in [3.8, 4) is 0 Å². The molecule has 0 aliphatic carbocycles. The van der Waals surface area contributed by atoms with Gasteiger partial charge in [0.05, 0.1) is 0 Å². The molecule has 1 unspecified atom stereocenters. The largest absolute Gasteiger partial charge is 0.356 e. The van der Waals surface area contributed by atoms with Crippen LogP contribution in [0.1, 0.15) is 24.3 Å². The first-order valence-corrected chi connectivity index (χ1v) is 5.15. The van der Waals surface area contributed by atoms with E-state index >= 15 is 0 Å². The molecule has 1 aromatic rings. The van der Waals surface area contributed by atoms with E-state index in [0.717, 1.165) is 18.0 Å². The molecule has 1 N–H and O–H groups in total. The molecule has 1 fully saturated rings. The molecule has 1 atom stereocenters. The summed E-state index contributed by atoms with van der Waals surface area (Å²) in [6.45, 7) is 0.774. The number of carbonyl (C=O) groups excluding carboxylic acids is 1. The topological polar surface area (TPSA) is 29.1 Å². The van der Waals surface area contributed by atoms with Crippen LogP contribution in [0.4, 0.5) is 0 Å². The normalized spacial score (nSPS) is 21.8. The van der Waals surface area contributed by atoms with Crippen molar-refractivity contribution >= 4 is 17.5 Å². The number of rotatable bonds is 1. The van der Waals surface area contributed by atoms with Gasteiger partial charge in [0.2, 0.25) is 5.91 Å². The third kappa shape index (κ3) is 2.07. The molecule has 0 aromatic heterocycles. The Kier molecular flexibility index (Phi) is 2.73. The number of amides is 1. The SMILES string of the molecule is O=C1CC(c2cccc(Cl)c2)CCN1. The molecule has 1 amide bonds. The molecule has 1 aromatic carbocycles. The molecule has 1 saturated heterocycles. The highest BCUT2D eigenvalue weighted by atomic mass is 35.5. The van der Waals surface area contributed by atoms with Gasteiger partial charge >= 0.3 is 0 Å². The number of benzene rings is 1. The van der Waals surface area contributed by atoms with E-state index in [2.05, 4.69) is 5.32 Å². The fourth-order valence-corrected chi connectivity index (χ4v) is 2.03. The first kappa shape index (κ1) is 9.53. The van der Waals surface area contributed by atoms with E-state index in [0.29, 0.717) is 12.3 Å². The van der Waals surface area contributed by atoms with E-state index in [1.807, 2.05) is 24.3 Å². The highest BCUT2D eigenvalue weighted by molar-refractivity contribution is 6.30. The monoisotopic (exact) mass is 209 g/mol. The number of piperidine rings is 1. The van der Waals surface area contributed by atoms with Crippen molar-refractivity contribution in [1.29, 1.82) is 0 Å². The first-order chi connectivity index (χ1) is 6.75.